The molecule has 1 aromatic carbocycles. The van der Waals surface area contributed by atoms with Gasteiger partial charge in [0.05, 0.1) is 12.2 Å². The van der Waals surface area contributed by atoms with Gasteiger partial charge >= 0.3 is 0 Å². The third-order valence-corrected chi connectivity index (χ3v) is 5.25. The van der Waals surface area contributed by atoms with Gasteiger partial charge in [0.2, 0.25) is 5.95 Å². The van der Waals surface area contributed by atoms with E-state index in [1.807, 2.05) is 64.1 Å². The zero-order valence-electron chi connectivity index (χ0n) is 21.6. The number of anilines is 2. The van der Waals surface area contributed by atoms with Crippen molar-refractivity contribution in [1.82, 2.24) is 19.5 Å². The van der Waals surface area contributed by atoms with Crippen LogP contribution in [0.4, 0.5) is 11.6 Å². The van der Waals surface area contributed by atoms with E-state index in [4.69, 9.17) is 14.5 Å². The van der Waals surface area contributed by atoms with Gasteiger partial charge in [0.1, 0.15) is 17.1 Å². The number of pyridine rings is 2. The van der Waals surface area contributed by atoms with Crippen LogP contribution in [0.2, 0.25) is 0 Å². The molecule has 3 heterocycles. The lowest BCUT2D eigenvalue weighted by atomic mass is 10.0. The first kappa shape index (κ1) is 25.2. The Morgan fingerprint density at radius 2 is 1.56 bits per heavy atom. The smallest absolute Gasteiger partial charge is 0.260 e. The molecular weight excluding hydrogens is 454 g/mol. The van der Waals surface area contributed by atoms with Crippen LogP contribution in [-0.2, 0) is 6.54 Å². The van der Waals surface area contributed by atoms with E-state index >= 15 is 0 Å². The van der Waals surface area contributed by atoms with Crippen molar-refractivity contribution in [2.24, 2.45) is 5.92 Å². The fourth-order valence-corrected chi connectivity index (χ4v) is 3.93. The molecule has 1 N–H and O–H groups in total. The lowest BCUT2D eigenvalue weighted by Crippen LogP contribution is -2.25. The number of nitrogens with zero attached hydrogens (tertiary/aromatic N) is 4. The molecule has 188 valence electrons. The van der Waals surface area contributed by atoms with Gasteiger partial charge < -0.3 is 14.8 Å². The molecule has 3 aromatic heterocycles. The van der Waals surface area contributed by atoms with Gasteiger partial charge in [-0.05, 0) is 69.5 Å². The molecule has 0 unspecified atom stereocenters. The summed E-state index contributed by atoms with van der Waals surface area (Å²) in [6.45, 7) is 12.5. The largest absolute Gasteiger partial charge is 0.491 e. The fraction of sp³-hybridized carbons (Fsp3) is 0.357. The molecule has 0 amide bonds. The first-order chi connectivity index (χ1) is 17.2. The summed E-state index contributed by atoms with van der Waals surface area (Å²) >= 11 is 0. The van der Waals surface area contributed by atoms with E-state index in [9.17, 15) is 4.79 Å². The van der Waals surface area contributed by atoms with Gasteiger partial charge in [-0.1, -0.05) is 13.8 Å². The van der Waals surface area contributed by atoms with Crippen LogP contribution in [0.25, 0.3) is 22.2 Å². The van der Waals surface area contributed by atoms with Crippen molar-refractivity contribution in [2.75, 3.05) is 5.32 Å². The van der Waals surface area contributed by atoms with Gasteiger partial charge in [-0.15, -0.1) is 0 Å². The summed E-state index contributed by atoms with van der Waals surface area (Å²) in [7, 11) is 0. The number of nitrogens with one attached hydrogen (secondary N) is 1. The SMILES string of the molecule is CC(C)Cn1c(=O)c(-c2cc(OC(C)C)cc(OC(C)C)c2)cc2cnc(Nc3ccncc3)nc21. The molecule has 0 aliphatic carbocycles. The molecule has 0 aliphatic heterocycles. The Labute approximate surface area is 211 Å². The van der Waals surface area contributed by atoms with Crippen molar-refractivity contribution in [3.05, 3.63) is 65.3 Å². The number of rotatable bonds is 9. The third-order valence-electron chi connectivity index (χ3n) is 5.25. The van der Waals surface area contributed by atoms with Crippen LogP contribution in [0.3, 0.4) is 0 Å². The maximum Gasteiger partial charge on any atom is 0.260 e. The molecule has 0 saturated heterocycles. The molecular formula is C28H33N5O3. The minimum absolute atomic E-state index is 0.0129. The van der Waals surface area contributed by atoms with Crippen LogP contribution in [0.5, 0.6) is 11.5 Å². The summed E-state index contributed by atoms with van der Waals surface area (Å²) in [5.41, 5.74) is 2.55. The fourth-order valence-electron chi connectivity index (χ4n) is 3.93. The molecule has 0 radical (unpaired) electrons. The third kappa shape index (κ3) is 6.00. The van der Waals surface area contributed by atoms with Crippen molar-refractivity contribution in [2.45, 2.75) is 60.3 Å². The summed E-state index contributed by atoms with van der Waals surface area (Å²) in [4.78, 5) is 27.1. The monoisotopic (exact) mass is 487 g/mol. The summed E-state index contributed by atoms with van der Waals surface area (Å²) < 4.78 is 13.7. The number of hydrogen-bond acceptors (Lipinski definition) is 7. The van der Waals surface area contributed by atoms with Crippen LogP contribution in [-0.4, -0.2) is 31.7 Å². The van der Waals surface area contributed by atoms with E-state index in [-0.39, 0.29) is 23.7 Å². The number of benzene rings is 1. The molecule has 8 nitrogen and oxygen atoms in total. The Hall–Kier alpha value is -3.94. The molecule has 0 aliphatic rings. The van der Waals surface area contributed by atoms with Crippen LogP contribution in [0.1, 0.15) is 41.5 Å². The van der Waals surface area contributed by atoms with Gasteiger partial charge in [-0.25, -0.2) is 4.98 Å². The van der Waals surface area contributed by atoms with Crippen LogP contribution >= 0.6 is 0 Å². The van der Waals surface area contributed by atoms with E-state index in [0.717, 1.165) is 16.6 Å². The Bertz CT molecular complexity index is 1370. The van der Waals surface area contributed by atoms with Crippen molar-refractivity contribution in [1.29, 1.82) is 0 Å². The number of hydrogen-bond donors (Lipinski definition) is 1. The van der Waals surface area contributed by atoms with Gasteiger partial charge in [-0.3, -0.25) is 14.3 Å². The second-order valence-corrected chi connectivity index (χ2v) is 9.73. The molecule has 4 rings (SSSR count). The standard InChI is InChI=1S/C28H33N5O3/c1-17(2)16-33-26-21(15-30-28(32-26)31-22-7-9-29-10-8-22)13-25(27(33)34)20-11-23(35-18(3)4)14-24(12-20)36-19(5)6/h7-15,17-19H,16H2,1-6H3,(H,29,30,31,32). The maximum absolute atomic E-state index is 13.8. The summed E-state index contributed by atoms with van der Waals surface area (Å²) in [5, 5.41) is 3.95. The Balaban J connectivity index is 1.87. The first-order valence-corrected chi connectivity index (χ1v) is 12.3. The minimum atomic E-state index is -0.123. The van der Waals surface area contributed by atoms with E-state index in [2.05, 4.69) is 29.1 Å². The maximum atomic E-state index is 13.8. The molecule has 0 atom stereocenters. The first-order valence-electron chi connectivity index (χ1n) is 12.3. The molecule has 4 aromatic rings. The van der Waals surface area contributed by atoms with Crippen LogP contribution in [0, 0.1) is 5.92 Å². The average molecular weight is 488 g/mol. The number of aromatic nitrogens is 4. The van der Waals surface area contributed by atoms with Crippen molar-refractivity contribution >= 4 is 22.7 Å². The Morgan fingerprint density at radius 3 is 2.14 bits per heavy atom. The van der Waals surface area contributed by atoms with Crippen molar-refractivity contribution in [3.8, 4) is 22.6 Å². The van der Waals surface area contributed by atoms with Crippen molar-refractivity contribution in [3.63, 3.8) is 0 Å². The molecule has 8 heteroatoms. The highest BCUT2D eigenvalue weighted by Crippen LogP contribution is 2.31. The van der Waals surface area contributed by atoms with Crippen LogP contribution in [0.15, 0.2) is 59.8 Å². The minimum Gasteiger partial charge on any atom is -0.491 e. The Morgan fingerprint density at radius 1 is 0.917 bits per heavy atom. The van der Waals surface area contributed by atoms with E-state index < -0.39 is 0 Å². The van der Waals surface area contributed by atoms with E-state index in [1.165, 1.54) is 0 Å². The Kier molecular flexibility index (Phi) is 7.52. The second kappa shape index (κ2) is 10.8. The highest BCUT2D eigenvalue weighted by molar-refractivity contribution is 5.82. The second-order valence-electron chi connectivity index (χ2n) is 9.73. The normalized spacial score (nSPS) is 11.5. The van der Waals surface area contributed by atoms with Gasteiger partial charge in [0.25, 0.3) is 5.56 Å². The highest BCUT2D eigenvalue weighted by Gasteiger charge is 2.17. The summed E-state index contributed by atoms with van der Waals surface area (Å²) in [5.74, 6) is 1.96. The number of fused-ring (bicyclic) bond motifs is 1. The lowest BCUT2D eigenvalue weighted by Gasteiger charge is -2.18. The predicted molar refractivity (Wildman–Crippen MR) is 143 cm³/mol. The average Bonchev–Trinajstić information content (AvgIpc) is 2.80. The number of ether oxygens (including phenoxy) is 2. The van der Waals surface area contributed by atoms with Crippen LogP contribution < -0.4 is 20.3 Å². The molecule has 0 spiro atoms. The summed E-state index contributed by atoms with van der Waals surface area (Å²) in [6, 6.07) is 11.1. The molecule has 0 bridgehead atoms. The highest BCUT2D eigenvalue weighted by atomic mass is 16.5. The van der Waals surface area contributed by atoms with Gasteiger partial charge in [0, 0.05) is 47.8 Å². The molecule has 36 heavy (non-hydrogen) atoms. The zero-order chi connectivity index (χ0) is 25.8. The predicted octanol–water partition coefficient (Wildman–Crippen LogP) is 5.83. The molecule has 0 saturated carbocycles. The molecule has 0 fully saturated rings. The van der Waals surface area contributed by atoms with E-state index in [1.54, 1.807) is 23.2 Å². The zero-order valence-corrected chi connectivity index (χ0v) is 21.6. The quantitative estimate of drug-likeness (QED) is 0.318. The lowest BCUT2D eigenvalue weighted by molar-refractivity contribution is 0.229. The van der Waals surface area contributed by atoms with Crippen molar-refractivity contribution < 1.29 is 9.47 Å². The van der Waals surface area contributed by atoms with Gasteiger partial charge in [-0.2, -0.15) is 4.98 Å². The van der Waals surface area contributed by atoms with E-state index in [0.29, 0.717) is 35.2 Å². The topological polar surface area (TPSA) is 91.2 Å². The van der Waals surface area contributed by atoms with Gasteiger partial charge in [0.15, 0.2) is 0 Å². The summed E-state index contributed by atoms with van der Waals surface area (Å²) in [6.07, 6.45) is 5.10.